The quantitative estimate of drug-likeness (QED) is 0.404. The number of pyridine rings is 1. The van der Waals surface area contributed by atoms with Crippen LogP contribution in [0, 0.1) is 0 Å². The van der Waals surface area contributed by atoms with Crippen LogP contribution in [-0.4, -0.2) is 56.8 Å². The van der Waals surface area contributed by atoms with Crippen LogP contribution in [0.5, 0.6) is 5.75 Å². The fourth-order valence-electron chi connectivity index (χ4n) is 4.89. The molecule has 1 fully saturated rings. The highest BCUT2D eigenvalue weighted by atomic mass is 35.5. The molecule has 0 saturated carbocycles. The second kappa shape index (κ2) is 9.67. The summed E-state index contributed by atoms with van der Waals surface area (Å²) in [6.45, 7) is -0.356. The number of fused-ring (bicyclic) bond motifs is 3. The fourth-order valence-corrected chi connectivity index (χ4v) is 5.09. The van der Waals surface area contributed by atoms with Gasteiger partial charge in [0, 0.05) is 36.8 Å². The molecule has 3 aromatic rings. The summed E-state index contributed by atoms with van der Waals surface area (Å²) in [5, 5.41) is 8.98. The van der Waals surface area contributed by atoms with Gasteiger partial charge in [-0.05, 0) is 48.7 Å². The second-order valence-electron chi connectivity index (χ2n) is 8.98. The van der Waals surface area contributed by atoms with Gasteiger partial charge in [0.15, 0.2) is 17.4 Å². The predicted octanol–water partition coefficient (Wildman–Crippen LogP) is 5.48. The summed E-state index contributed by atoms with van der Waals surface area (Å²) in [4.78, 5) is 7.06. The Morgan fingerprint density at radius 2 is 1.76 bits per heavy atom. The van der Waals surface area contributed by atoms with Gasteiger partial charge in [-0.15, -0.1) is 23.4 Å². The summed E-state index contributed by atoms with van der Waals surface area (Å²) in [5.74, 6) is 0.584. The summed E-state index contributed by atoms with van der Waals surface area (Å²) < 4.78 is 84.0. The maximum Gasteiger partial charge on any atom is 0.573 e. The molecule has 4 heterocycles. The van der Waals surface area contributed by atoms with Gasteiger partial charge in [0.1, 0.15) is 5.82 Å². The highest BCUT2D eigenvalue weighted by molar-refractivity contribution is 6.30. The molecule has 198 valence electrons. The van der Waals surface area contributed by atoms with Crippen LogP contribution in [0.25, 0.3) is 5.69 Å². The van der Waals surface area contributed by atoms with Crippen molar-refractivity contribution in [2.75, 3.05) is 24.5 Å². The average molecular weight is 547 g/mol. The lowest BCUT2D eigenvalue weighted by atomic mass is 9.95. The van der Waals surface area contributed by atoms with E-state index in [-0.39, 0.29) is 30.6 Å². The van der Waals surface area contributed by atoms with Gasteiger partial charge in [-0.2, -0.15) is 13.2 Å². The van der Waals surface area contributed by atoms with Crippen molar-refractivity contribution in [2.24, 2.45) is 0 Å². The summed E-state index contributed by atoms with van der Waals surface area (Å²) >= 11 is 6.15. The van der Waals surface area contributed by atoms with E-state index in [1.165, 1.54) is 23.2 Å². The molecular weight excluding hydrogens is 526 g/mol. The first kappa shape index (κ1) is 25.6. The number of piperidine rings is 1. The van der Waals surface area contributed by atoms with Crippen LogP contribution >= 0.6 is 11.6 Å². The minimum absolute atomic E-state index is 0.0400. The molecule has 0 bridgehead atoms. The summed E-state index contributed by atoms with van der Waals surface area (Å²) in [7, 11) is 0. The molecule has 1 aromatic carbocycles. The third kappa shape index (κ3) is 5.77. The number of rotatable bonds is 4. The molecule has 0 aliphatic carbocycles. The molecule has 2 aliphatic rings. The third-order valence-electron chi connectivity index (χ3n) is 6.34. The SMILES string of the molecule is FC(F)(F)CN1Cc2cc(Cl)ccc2-n2c(nnc2C2CCN(c3ncccc3OC(F)(F)F)CC2)C1. The first-order chi connectivity index (χ1) is 17.5. The molecule has 0 atom stereocenters. The van der Waals surface area contributed by atoms with Crippen molar-refractivity contribution in [2.45, 2.75) is 44.4 Å². The van der Waals surface area contributed by atoms with Crippen molar-refractivity contribution in [3.05, 3.63) is 58.8 Å². The van der Waals surface area contributed by atoms with Gasteiger partial charge in [-0.1, -0.05) is 11.6 Å². The molecule has 0 spiro atoms. The number of halogens is 7. The van der Waals surface area contributed by atoms with Crippen LogP contribution in [0.4, 0.5) is 32.2 Å². The van der Waals surface area contributed by atoms with Crippen molar-refractivity contribution < 1.29 is 31.1 Å². The van der Waals surface area contributed by atoms with Gasteiger partial charge in [-0.3, -0.25) is 9.47 Å². The number of nitrogens with zero attached hydrogens (tertiary/aromatic N) is 6. The van der Waals surface area contributed by atoms with Crippen LogP contribution < -0.4 is 9.64 Å². The molecule has 1 saturated heterocycles. The van der Waals surface area contributed by atoms with E-state index < -0.39 is 19.1 Å². The molecule has 0 radical (unpaired) electrons. The second-order valence-corrected chi connectivity index (χ2v) is 9.41. The smallest absolute Gasteiger partial charge is 0.402 e. The maximum absolute atomic E-state index is 13.2. The number of alkyl halides is 6. The summed E-state index contributed by atoms with van der Waals surface area (Å²) in [6.07, 6.45) is -6.78. The third-order valence-corrected chi connectivity index (χ3v) is 6.57. The topological polar surface area (TPSA) is 59.3 Å². The van der Waals surface area contributed by atoms with Crippen LogP contribution in [0.1, 0.15) is 36.0 Å². The first-order valence-corrected chi connectivity index (χ1v) is 11.8. The standard InChI is InChI=1S/C23H21ClF6N6O/c24-16-3-4-17-15(10-16)11-34(13-22(25,26)27)12-19-32-33-20(36(17)19)14-5-8-35(9-6-14)21-18(2-1-7-31-21)37-23(28,29)30/h1-4,7,10,14H,5-6,8-9,11-13H2. The molecule has 0 N–H and O–H groups in total. The molecule has 37 heavy (non-hydrogen) atoms. The number of anilines is 1. The van der Waals surface area contributed by atoms with E-state index in [2.05, 4.69) is 19.9 Å². The molecule has 2 aliphatic heterocycles. The highest BCUT2D eigenvalue weighted by Crippen LogP contribution is 2.37. The van der Waals surface area contributed by atoms with Gasteiger partial charge in [-0.25, -0.2) is 4.98 Å². The Bertz CT molecular complexity index is 1270. The zero-order chi connectivity index (χ0) is 26.4. The van der Waals surface area contributed by atoms with Gasteiger partial charge in [0.25, 0.3) is 0 Å². The van der Waals surface area contributed by atoms with E-state index >= 15 is 0 Å². The zero-order valence-electron chi connectivity index (χ0n) is 19.2. The predicted molar refractivity (Wildman–Crippen MR) is 122 cm³/mol. The molecule has 2 aromatic heterocycles. The molecular formula is C23H21ClF6N6O. The minimum atomic E-state index is -4.84. The Morgan fingerprint density at radius 1 is 1.00 bits per heavy atom. The summed E-state index contributed by atoms with van der Waals surface area (Å²) in [6, 6.07) is 7.64. The van der Waals surface area contributed by atoms with Gasteiger partial charge < -0.3 is 9.64 Å². The summed E-state index contributed by atoms with van der Waals surface area (Å²) in [5.41, 5.74) is 1.29. The maximum atomic E-state index is 13.2. The lowest BCUT2D eigenvalue weighted by Gasteiger charge is -2.33. The van der Waals surface area contributed by atoms with E-state index in [0.717, 1.165) is 0 Å². The minimum Gasteiger partial charge on any atom is -0.402 e. The van der Waals surface area contributed by atoms with Crippen molar-refractivity contribution in [1.29, 1.82) is 0 Å². The molecule has 0 amide bonds. The van der Waals surface area contributed by atoms with Crippen molar-refractivity contribution in [3.63, 3.8) is 0 Å². The average Bonchev–Trinajstić information content (AvgIpc) is 3.14. The molecule has 0 unspecified atom stereocenters. The number of hydrogen-bond acceptors (Lipinski definition) is 6. The molecule has 14 heteroatoms. The van der Waals surface area contributed by atoms with E-state index in [1.54, 1.807) is 27.7 Å². The van der Waals surface area contributed by atoms with Crippen molar-refractivity contribution in [3.8, 4) is 11.4 Å². The lowest BCUT2D eigenvalue weighted by molar-refractivity contribution is -0.274. The van der Waals surface area contributed by atoms with Crippen LogP contribution in [0.2, 0.25) is 5.02 Å². The monoisotopic (exact) mass is 546 g/mol. The van der Waals surface area contributed by atoms with Gasteiger partial charge in [0.2, 0.25) is 0 Å². The van der Waals surface area contributed by atoms with Crippen LogP contribution in [0.3, 0.4) is 0 Å². The number of hydrogen-bond donors (Lipinski definition) is 0. The van der Waals surface area contributed by atoms with Crippen LogP contribution in [-0.2, 0) is 13.1 Å². The Hall–Kier alpha value is -3.06. The number of benzene rings is 1. The van der Waals surface area contributed by atoms with Crippen molar-refractivity contribution >= 4 is 17.4 Å². The first-order valence-electron chi connectivity index (χ1n) is 11.4. The van der Waals surface area contributed by atoms with E-state index in [9.17, 15) is 26.3 Å². The zero-order valence-corrected chi connectivity index (χ0v) is 20.0. The Kier molecular flexibility index (Phi) is 6.69. The largest absolute Gasteiger partial charge is 0.573 e. The van der Waals surface area contributed by atoms with E-state index in [4.69, 9.17) is 11.6 Å². The highest BCUT2D eigenvalue weighted by Gasteiger charge is 2.36. The van der Waals surface area contributed by atoms with E-state index in [1.807, 2.05) is 0 Å². The number of aromatic nitrogens is 4. The number of ether oxygens (including phenoxy) is 1. The fraction of sp³-hybridized carbons (Fsp3) is 0.435. The Labute approximate surface area is 212 Å². The Morgan fingerprint density at radius 3 is 2.46 bits per heavy atom. The van der Waals surface area contributed by atoms with Gasteiger partial charge in [0.05, 0.1) is 18.8 Å². The Balaban J connectivity index is 1.41. The molecule has 7 nitrogen and oxygen atoms in total. The lowest BCUT2D eigenvalue weighted by Crippen LogP contribution is -2.35. The van der Waals surface area contributed by atoms with Gasteiger partial charge >= 0.3 is 12.5 Å². The normalized spacial score (nSPS) is 17.3. The van der Waals surface area contributed by atoms with Crippen molar-refractivity contribution in [1.82, 2.24) is 24.6 Å². The van der Waals surface area contributed by atoms with E-state index in [0.29, 0.717) is 53.9 Å². The molecule has 5 rings (SSSR count). The van der Waals surface area contributed by atoms with Crippen LogP contribution in [0.15, 0.2) is 36.5 Å².